The average Bonchev–Trinajstić information content (AvgIpc) is 3.36. The van der Waals surface area contributed by atoms with Gasteiger partial charge < -0.3 is 19.0 Å². The summed E-state index contributed by atoms with van der Waals surface area (Å²) in [7, 11) is 0. The quantitative estimate of drug-likeness (QED) is 0.353. The molecule has 0 unspecified atom stereocenters. The zero-order valence-corrected chi connectivity index (χ0v) is 18.6. The number of carboxylic acid groups (broad SMARTS) is 1. The minimum Gasteiger partial charge on any atom is -0.477 e. The van der Waals surface area contributed by atoms with Crippen LogP contribution in [0.1, 0.15) is 26.5 Å². The van der Waals surface area contributed by atoms with Gasteiger partial charge in [0.05, 0.1) is 0 Å². The first-order valence-electron chi connectivity index (χ1n) is 9.63. The third-order valence-electron chi connectivity index (χ3n) is 4.51. The molecule has 0 amide bonds. The van der Waals surface area contributed by atoms with E-state index in [1.165, 1.54) is 6.08 Å². The van der Waals surface area contributed by atoms with E-state index in [-0.39, 0.29) is 4.91 Å². The molecule has 1 N–H and O–H groups in total. The maximum Gasteiger partial charge on any atom is 0.342 e. The van der Waals surface area contributed by atoms with Gasteiger partial charge in [0.25, 0.3) is 0 Å². The molecule has 0 aliphatic carbocycles. The van der Waals surface area contributed by atoms with Crippen LogP contribution >= 0.6 is 23.4 Å². The van der Waals surface area contributed by atoms with Gasteiger partial charge in [-0.3, -0.25) is 0 Å². The first-order valence-corrected chi connectivity index (χ1v) is 10.8. The zero-order valence-electron chi connectivity index (χ0n) is 17.0. The summed E-state index contributed by atoms with van der Waals surface area (Å²) in [5, 5.41) is 19.3. The molecule has 0 spiro atoms. The van der Waals surface area contributed by atoms with E-state index in [2.05, 4.69) is 15.1 Å². The van der Waals surface area contributed by atoms with Crippen molar-refractivity contribution >= 4 is 41.3 Å². The highest BCUT2D eigenvalue weighted by atomic mass is 35.5. The third kappa shape index (κ3) is 4.88. The molecular weight excluding hydrogens is 424 g/mol. The van der Waals surface area contributed by atoms with Crippen molar-refractivity contribution in [1.29, 1.82) is 0 Å². The van der Waals surface area contributed by atoms with Crippen molar-refractivity contribution in [3.05, 3.63) is 52.1 Å². The normalized spacial score (nSPS) is 11.7. The Hall–Kier alpha value is -2.71. The fourth-order valence-corrected chi connectivity index (χ4v) is 3.94. The Labute approximate surface area is 184 Å². The molecule has 9 heteroatoms. The fraction of sp³-hybridized carbons (Fsp3) is 0.286. The molecule has 30 heavy (non-hydrogen) atoms. The van der Waals surface area contributed by atoms with Crippen molar-refractivity contribution in [2.75, 3.05) is 18.0 Å². The highest BCUT2D eigenvalue weighted by molar-refractivity contribution is 8.04. The predicted molar refractivity (Wildman–Crippen MR) is 120 cm³/mol. The smallest absolute Gasteiger partial charge is 0.342 e. The van der Waals surface area contributed by atoms with Crippen molar-refractivity contribution in [3.63, 3.8) is 0 Å². The number of anilines is 1. The number of hydrogen-bond donors (Lipinski definition) is 1. The van der Waals surface area contributed by atoms with E-state index in [0.717, 1.165) is 30.4 Å². The summed E-state index contributed by atoms with van der Waals surface area (Å²) < 4.78 is 7.67. The van der Waals surface area contributed by atoms with E-state index in [4.69, 9.17) is 16.0 Å². The molecule has 0 saturated heterocycles. The summed E-state index contributed by atoms with van der Waals surface area (Å²) in [6.45, 7) is 8.24. The van der Waals surface area contributed by atoms with Crippen LogP contribution in [0.2, 0.25) is 5.02 Å². The SMILES string of the molecule is CCN(CC)c1ccc(/C=C(\Sc2nnc(-c3ccc(Cl)cc3)n2CC)C(=O)O)o1. The number of carboxylic acids is 1. The second-order valence-corrected chi connectivity index (χ2v) is 7.77. The summed E-state index contributed by atoms with van der Waals surface area (Å²) in [4.78, 5) is 14.0. The number of hydrogen-bond acceptors (Lipinski definition) is 6. The molecule has 3 aromatic rings. The van der Waals surface area contributed by atoms with Gasteiger partial charge in [-0.15, -0.1) is 10.2 Å². The van der Waals surface area contributed by atoms with Gasteiger partial charge in [0.2, 0.25) is 0 Å². The Morgan fingerprint density at radius 2 is 1.87 bits per heavy atom. The zero-order chi connectivity index (χ0) is 21.7. The topological polar surface area (TPSA) is 84.4 Å². The van der Waals surface area contributed by atoms with Gasteiger partial charge in [-0.2, -0.15) is 0 Å². The molecular formula is C21H23ClN4O3S. The summed E-state index contributed by atoms with van der Waals surface area (Å²) >= 11 is 7.01. The van der Waals surface area contributed by atoms with Crippen molar-refractivity contribution < 1.29 is 14.3 Å². The standard InChI is InChI=1S/C21H23ClN4O3S/c1-4-25(5-2)18-12-11-16(29-18)13-17(20(27)28)30-21-24-23-19(26(21)6-3)14-7-9-15(22)10-8-14/h7-13H,4-6H2,1-3H3,(H,27,28)/b17-13-. The van der Waals surface area contributed by atoms with Crippen molar-refractivity contribution in [2.45, 2.75) is 32.5 Å². The van der Waals surface area contributed by atoms with E-state index >= 15 is 0 Å². The number of carbonyl (C=O) groups is 1. The molecule has 3 rings (SSSR count). The van der Waals surface area contributed by atoms with Crippen molar-refractivity contribution in [2.24, 2.45) is 0 Å². The van der Waals surface area contributed by atoms with Crippen LogP contribution in [0.15, 0.2) is 50.9 Å². The lowest BCUT2D eigenvalue weighted by Crippen LogP contribution is -2.20. The number of thioether (sulfide) groups is 1. The largest absolute Gasteiger partial charge is 0.477 e. The predicted octanol–water partition coefficient (Wildman–Crippen LogP) is 5.28. The van der Waals surface area contributed by atoms with E-state index in [0.29, 0.717) is 34.2 Å². The number of aliphatic carboxylic acids is 1. The lowest BCUT2D eigenvalue weighted by atomic mass is 10.2. The molecule has 0 fully saturated rings. The number of furan rings is 1. The van der Waals surface area contributed by atoms with Crippen molar-refractivity contribution in [3.8, 4) is 11.4 Å². The van der Waals surface area contributed by atoms with Crippen LogP contribution < -0.4 is 4.90 Å². The molecule has 0 saturated carbocycles. The Balaban J connectivity index is 1.90. The number of halogens is 1. The molecule has 0 aliphatic rings. The Morgan fingerprint density at radius 1 is 1.17 bits per heavy atom. The summed E-state index contributed by atoms with van der Waals surface area (Å²) in [6, 6.07) is 10.9. The molecule has 2 aromatic heterocycles. The van der Waals surface area contributed by atoms with Crippen LogP contribution in [0, 0.1) is 0 Å². The number of nitrogens with zero attached hydrogens (tertiary/aromatic N) is 4. The molecule has 2 heterocycles. The van der Waals surface area contributed by atoms with Gasteiger partial charge in [0.1, 0.15) is 10.7 Å². The minimum absolute atomic E-state index is 0.0974. The molecule has 0 radical (unpaired) electrons. The monoisotopic (exact) mass is 446 g/mol. The van der Waals surface area contributed by atoms with Crippen molar-refractivity contribution in [1.82, 2.24) is 14.8 Å². The lowest BCUT2D eigenvalue weighted by molar-refractivity contribution is -0.131. The van der Waals surface area contributed by atoms with Gasteiger partial charge in [-0.25, -0.2) is 4.79 Å². The maximum absolute atomic E-state index is 11.9. The van der Waals surface area contributed by atoms with E-state index in [1.807, 2.05) is 43.5 Å². The Morgan fingerprint density at radius 3 is 2.47 bits per heavy atom. The minimum atomic E-state index is -1.06. The van der Waals surface area contributed by atoms with Crippen LogP contribution in [0.25, 0.3) is 17.5 Å². The van der Waals surface area contributed by atoms with Gasteiger partial charge in [-0.05, 0) is 62.9 Å². The molecule has 1 aromatic carbocycles. The van der Waals surface area contributed by atoms with Crippen LogP contribution in [-0.4, -0.2) is 38.9 Å². The number of aromatic nitrogens is 3. The summed E-state index contributed by atoms with van der Waals surface area (Å²) in [6.07, 6.45) is 1.51. The van der Waals surface area contributed by atoms with E-state index in [1.54, 1.807) is 18.2 Å². The second kappa shape index (κ2) is 9.86. The van der Waals surface area contributed by atoms with Gasteiger partial charge in [0, 0.05) is 42.4 Å². The summed E-state index contributed by atoms with van der Waals surface area (Å²) in [5.74, 6) is 0.785. The first kappa shape index (κ1) is 22.0. The van der Waals surface area contributed by atoms with Crippen LogP contribution in [-0.2, 0) is 11.3 Å². The van der Waals surface area contributed by atoms with Crippen LogP contribution in [0.3, 0.4) is 0 Å². The summed E-state index contributed by atoms with van der Waals surface area (Å²) in [5.41, 5.74) is 0.858. The number of benzene rings is 1. The molecule has 0 aliphatic heterocycles. The van der Waals surface area contributed by atoms with Gasteiger partial charge >= 0.3 is 5.97 Å². The average molecular weight is 447 g/mol. The Kier molecular flexibility index (Phi) is 7.23. The highest BCUT2D eigenvalue weighted by Gasteiger charge is 2.19. The second-order valence-electron chi connectivity index (χ2n) is 6.32. The van der Waals surface area contributed by atoms with Gasteiger partial charge in [-0.1, -0.05) is 11.6 Å². The molecule has 158 valence electrons. The lowest BCUT2D eigenvalue weighted by Gasteiger charge is -2.16. The molecule has 7 nitrogen and oxygen atoms in total. The molecule has 0 atom stereocenters. The maximum atomic E-state index is 11.9. The fourth-order valence-electron chi connectivity index (χ4n) is 2.95. The van der Waals surface area contributed by atoms with E-state index in [9.17, 15) is 9.90 Å². The van der Waals surface area contributed by atoms with Crippen LogP contribution in [0.4, 0.5) is 5.88 Å². The molecule has 0 bridgehead atoms. The van der Waals surface area contributed by atoms with E-state index < -0.39 is 5.97 Å². The van der Waals surface area contributed by atoms with Crippen LogP contribution in [0.5, 0.6) is 0 Å². The third-order valence-corrected chi connectivity index (χ3v) is 5.76. The number of rotatable bonds is 9. The highest BCUT2D eigenvalue weighted by Crippen LogP contribution is 2.31. The Bertz CT molecular complexity index is 1040. The van der Waals surface area contributed by atoms with Gasteiger partial charge in [0.15, 0.2) is 16.9 Å². The first-order chi connectivity index (χ1) is 14.5.